The Bertz CT molecular complexity index is 448. The van der Waals surface area contributed by atoms with Crippen molar-refractivity contribution in [1.82, 2.24) is 0 Å². The molecule has 2 heteroatoms. The molecule has 0 radical (unpaired) electrons. The smallest absolute Gasteiger partial charge is 0.303 e. The number of carboxylic acids is 1. The number of rotatable bonds is 13. The molecule has 0 aromatic rings. The van der Waals surface area contributed by atoms with Crippen molar-refractivity contribution in [2.75, 3.05) is 0 Å². The van der Waals surface area contributed by atoms with Crippen molar-refractivity contribution in [3.05, 3.63) is 72.9 Å². The van der Waals surface area contributed by atoms with Crippen LogP contribution in [0.3, 0.4) is 0 Å². The lowest BCUT2D eigenvalue weighted by Crippen LogP contribution is -1.91. The fourth-order valence-electron chi connectivity index (χ4n) is 1.72. The van der Waals surface area contributed by atoms with Crippen LogP contribution in [-0.2, 0) is 4.79 Å². The summed E-state index contributed by atoms with van der Waals surface area (Å²) >= 11 is 0. The zero-order valence-corrected chi connectivity index (χ0v) is 14.2. The van der Waals surface area contributed by atoms with Gasteiger partial charge >= 0.3 is 5.97 Å². The molecule has 23 heavy (non-hydrogen) atoms. The normalized spacial score (nSPS) is 13.1. The first-order valence-electron chi connectivity index (χ1n) is 8.35. The molecule has 0 spiro atoms. The molecule has 0 unspecified atom stereocenters. The topological polar surface area (TPSA) is 37.3 Å². The van der Waals surface area contributed by atoms with Gasteiger partial charge in [-0.2, -0.15) is 0 Å². The van der Waals surface area contributed by atoms with Gasteiger partial charge in [0.2, 0.25) is 0 Å². The lowest BCUT2D eigenvalue weighted by molar-refractivity contribution is -0.136. The van der Waals surface area contributed by atoms with Crippen LogP contribution in [0.15, 0.2) is 72.9 Å². The van der Waals surface area contributed by atoms with Crippen molar-refractivity contribution in [1.29, 1.82) is 0 Å². The molecule has 0 heterocycles. The molecule has 2 nitrogen and oxygen atoms in total. The number of carboxylic acid groups (broad SMARTS) is 1. The van der Waals surface area contributed by atoms with Gasteiger partial charge in [0.25, 0.3) is 0 Å². The second kappa shape index (κ2) is 18.0. The predicted octanol–water partition coefficient (Wildman–Crippen LogP) is 6.16. The van der Waals surface area contributed by atoms with Crippen molar-refractivity contribution in [3.8, 4) is 0 Å². The van der Waals surface area contributed by atoms with Crippen molar-refractivity contribution >= 4 is 5.97 Å². The first-order chi connectivity index (χ1) is 11.3. The highest BCUT2D eigenvalue weighted by Crippen LogP contribution is 1.97. The van der Waals surface area contributed by atoms with Crippen molar-refractivity contribution in [3.63, 3.8) is 0 Å². The van der Waals surface area contributed by atoms with E-state index in [0.29, 0.717) is 6.42 Å². The molecule has 0 fully saturated rings. The maximum Gasteiger partial charge on any atom is 0.303 e. The van der Waals surface area contributed by atoms with Crippen molar-refractivity contribution in [2.45, 2.75) is 51.9 Å². The van der Waals surface area contributed by atoms with Crippen LogP contribution in [0.1, 0.15) is 51.9 Å². The van der Waals surface area contributed by atoms with Gasteiger partial charge < -0.3 is 5.11 Å². The summed E-state index contributed by atoms with van der Waals surface area (Å²) < 4.78 is 0. The molecule has 0 bridgehead atoms. The van der Waals surface area contributed by atoms with E-state index in [-0.39, 0.29) is 6.42 Å². The Morgan fingerprint density at radius 2 is 1.00 bits per heavy atom. The molecule has 0 rings (SSSR count). The van der Waals surface area contributed by atoms with Crippen LogP contribution >= 0.6 is 0 Å². The Balaban J connectivity index is 3.51. The maximum absolute atomic E-state index is 10.3. The minimum Gasteiger partial charge on any atom is -0.481 e. The number of carbonyl (C=O) groups is 1. The Morgan fingerprint density at radius 3 is 1.35 bits per heavy atom. The van der Waals surface area contributed by atoms with Gasteiger partial charge in [0.15, 0.2) is 0 Å². The average molecular weight is 314 g/mol. The molecule has 0 aliphatic heterocycles. The highest BCUT2D eigenvalue weighted by atomic mass is 16.4. The van der Waals surface area contributed by atoms with Crippen molar-refractivity contribution in [2.24, 2.45) is 0 Å². The fraction of sp³-hybridized carbons (Fsp3) is 0.381. The summed E-state index contributed by atoms with van der Waals surface area (Å²) in [7, 11) is 0. The van der Waals surface area contributed by atoms with E-state index >= 15 is 0 Å². The molecule has 0 atom stereocenters. The van der Waals surface area contributed by atoms with E-state index in [9.17, 15) is 4.79 Å². The standard InChI is InChI=1S/C21H30O2/c1-2-3-4-5-6-7-8-9-10-11-12-13-14-15-16-17-18-19-20-21(22)23/h2-3,5-6,8-9,11-12,14-15,17-18H,4,7,10,13,16,19-20H2,1H3,(H,22,23). The summed E-state index contributed by atoms with van der Waals surface area (Å²) in [6.45, 7) is 2.04. The van der Waals surface area contributed by atoms with Gasteiger partial charge in [-0.3, -0.25) is 4.79 Å². The van der Waals surface area contributed by atoms with Crippen LogP contribution in [0.25, 0.3) is 0 Å². The molecule has 126 valence electrons. The predicted molar refractivity (Wildman–Crippen MR) is 100 cm³/mol. The number of allylic oxidation sites excluding steroid dienone is 12. The minimum atomic E-state index is -0.742. The largest absolute Gasteiger partial charge is 0.481 e. The van der Waals surface area contributed by atoms with Crippen LogP contribution in [0, 0.1) is 0 Å². The lowest BCUT2D eigenvalue weighted by Gasteiger charge is -1.87. The summed E-state index contributed by atoms with van der Waals surface area (Å²) in [4.78, 5) is 10.3. The molecular weight excluding hydrogens is 284 g/mol. The monoisotopic (exact) mass is 314 g/mol. The maximum atomic E-state index is 10.3. The third kappa shape index (κ3) is 19.9. The van der Waals surface area contributed by atoms with Gasteiger partial charge in [0.1, 0.15) is 0 Å². The molecule has 0 saturated heterocycles. The second-order valence-electron chi connectivity index (χ2n) is 5.04. The highest BCUT2D eigenvalue weighted by molar-refractivity contribution is 5.66. The van der Waals surface area contributed by atoms with Crippen LogP contribution in [0.5, 0.6) is 0 Å². The summed E-state index contributed by atoms with van der Waals surface area (Å²) in [5.41, 5.74) is 0. The van der Waals surface area contributed by atoms with Crippen LogP contribution < -0.4 is 0 Å². The number of hydrogen-bond donors (Lipinski definition) is 1. The molecule has 0 amide bonds. The van der Waals surface area contributed by atoms with Crippen LogP contribution in [0.4, 0.5) is 0 Å². The summed E-state index contributed by atoms with van der Waals surface area (Å²) in [5.74, 6) is -0.742. The van der Waals surface area contributed by atoms with Crippen LogP contribution in [0.2, 0.25) is 0 Å². The van der Waals surface area contributed by atoms with E-state index < -0.39 is 5.97 Å². The van der Waals surface area contributed by atoms with Crippen LogP contribution in [-0.4, -0.2) is 11.1 Å². The molecular formula is C21H30O2. The first-order valence-corrected chi connectivity index (χ1v) is 8.35. The molecule has 0 aromatic carbocycles. The summed E-state index contributed by atoms with van der Waals surface area (Å²) in [5, 5.41) is 8.48. The highest BCUT2D eigenvalue weighted by Gasteiger charge is 1.90. The third-order valence-electron chi connectivity index (χ3n) is 2.95. The molecule has 0 aliphatic rings. The quantitative estimate of drug-likeness (QED) is 0.413. The summed E-state index contributed by atoms with van der Waals surface area (Å²) in [6, 6.07) is 0. The number of hydrogen-bond acceptors (Lipinski definition) is 1. The van der Waals surface area contributed by atoms with Gasteiger partial charge in [-0.1, -0.05) is 72.9 Å². The van der Waals surface area contributed by atoms with E-state index in [2.05, 4.69) is 60.8 Å². The van der Waals surface area contributed by atoms with Gasteiger partial charge in [-0.15, -0.1) is 0 Å². The third-order valence-corrected chi connectivity index (χ3v) is 2.95. The van der Waals surface area contributed by atoms with Gasteiger partial charge in [0.05, 0.1) is 0 Å². The van der Waals surface area contributed by atoms with E-state index in [0.717, 1.165) is 32.1 Å². The first kappa shape index (κ1) is 20.9. The van der Waals surface area contributed by atoms with E-state index in [1.165, 1.54) is 0 Å². The zero-order chi connectivity index (χ0) is 17.0. The second-order valence-corrected chi connectivity index (χ2v) is 5.04. The fourth-order valence-corrected chi connectivity index (χ4v) is 1.72. The van der Waals surface area contributed by atoms with Gasteiger partial charge in [0, 0.05) is 6.42 Å². The van der Waals surface area contributed by atoms with E-state index in [1.54, 1.807) is 0 Å². The Labute approximate surface area is 141 Å². The Morgan fingerprint density at radius 1 is 0.652 bits per heavy atom. The summed E-state index contributed by atoms with van der Waals surface area (Å²) in [6.07, 6.45) is 31.1. The molecule has 0 saturated carbocycles. The zero-order valence-electron chi connectivity index (χ0n) is 14.2. The lowest BCUT2D eigenvalue weighted by atomic mass is 10.2. The van der Waals surface area contributed by atoms with Crippen molar-refractivity contribution < 1.29 is 9.90 Å². The van der Waals surface area contributed by atoms with Gasteiger partial charge in [-0.25, -0.2) is 0 Å². The Kier molecular flexibility index (Phi) is 16.3. The average Bonchev–Trinajstić information content (AvgIpc) is 2.53. The number of aliphatic carboxylic acids is 1. The molecule has 0 aromatic heterocycles. The van der Waals surface area contributed by atoms with Gasteiger partial charge in [-0.05, 0) is 45.4 Å². The SMILES string of the molecule is CC=CCC=CCC=CCC=CCC=CCC=CCCC(=O)O. The van der Waals surface area contributed by atoms with E-state index in [1.807, 2.05) is 19.1 Å². The van der Waals surface area contributed by atoms with E-state index in [4.69, 9.17) is 5.11 Å². The molecule has 1 N–H and O–H groups in total. The minimum absolute atomic E-state index is 0.210. The molecule has 0 aliphatic carbocycles. The Hall–Kier alpha value is -2.09.